The largest absolute Gasteiger partial charge is 0.417 e. The van der Waals surface area contributed by atoms with Crippen LogP contribution >= 0.6 is 23.2 Å². The molecule has 1 aliphatic heterocycles. The molecule has 0 spiro atoms. The van der Waals surface area contributed by atoms with E-state index in [9.17, 15) is 22.4 Å². The van der Waals surface area contributed by atoms with Crippen molar-refractivity contribution in [2.24, 2.45) is 5.92 Å². The van der Waals surface area contributed by atoms with E-state index in [0.717, 1.165) is 12.3 Å². The second-order valence-corrected chi connectivity index (χ2v) is 8.00. The van der Waals surface area contributed by atoms with E-state index in [-0.39, 0.29) is 39.8 Å². The number of carbonyl (C=O) groups excluding carboxylic acids is 1. The highest BCUT2D eigenvalue weighted by molar-refractivity contribution is 6.33. The first kappa shape index (κ1) is 22.6. The van der Waals surface area contributed by atoms with Gasteiger partial charge < -0.3 is 9.80 Å². The second kappa shape index (κ2) is 8.98. The summed E-state index contributed by atoms with van der Waals surface area (Å²) in [4.78, 5) is 19.8. The maximum Gasteiger partial charge on any atom is 0.417 e. The molecule has 1 fully saturated rings. The Morgan fingerprint density at radius 2 is 1.90 bits per heavy atom. The molecule has 0 N–H and O–H groups in total. The Kier molecular flexibility index (Phi) is 6.77. The zero-order chi connectivity index (χ0) is 22.1. The summed E-state index contributed by atoms with van der Waals surface area (Å²) in [6.07, 6.45) is -2.80. The van der Waals surface area contributed by atoms with Crippen molar-refractivity contribution in [1.29, 1.82) is 0 Å². The number of pyridine rings is 1. The summed E-state index contributed by atoms with van der Waals surface area (Å²) in [5, 5.41) is 0.174. The van der Waals surface area contributed by atoms with Crippen LogP contribution in [0.1, 0.15) is 24.0 Å². The van der Waals surface area contributed by atoms with Gasteiger partial charge in [-0.2, -0.15) is 13.2 Å². The first-order valence-electron chi connectivity index (χ1n) is 9.23. The van der Waals surface area contributed by atoms with E-state index in [1.165, 1.54) is 17.0 Å². The Bertz CT molecular complexity index is 911. The smallest absolute Gasteiger partial charge is 0.355 e. The molecule has 0 saturated carbocycles. The third-order valence-corrected chi connectivity index (χ3v) is 5.76. The van der Waals surface area contributed by atoms with Crippen molar-refractivity contribution in [2.75, 3.05) is 25.0 Å². The highest BCUT2D eigenvalue weighted by Crippen LogP contribution is 2.35. The summed E-state index contributed by atoms with van der Waals surface area (Å²) >= 11 is 12.0. The standard InChI is InChI=1S/C20H19Cl2F4N3O/c1-28(11-14-15(21)3-2-4-17(14)23)19(30)12-5-7-29(8-6-12)18-16(22)9-13(10-27-18)20(24,25)26/h2-4,9-10,12H,5-8,11H2,1H3. The fraction of sp³-hybridized carbons (Fsp3) is 0.400. The summed E-state index contributed by atoms with van der Waals surface area (Å²) in [5.74, 6) is -0.632. The number of aromatic nitrogens is 1. The molecule has 3 rings (SSSR count). The van der Waals surface area contributed by atoms with Crippen LogP contribution in [0.2, 0.25) is 10.0 Å². The van der Waals surface area contributed by atoms with E-state index in [2.05, 4.69) is 4.98 Å². The molecule has 1 aromatic heterocycles. The summed E-state index contributed by atoms with van der Waals surface area (Å²) in [6.45, 7) is 0.891. The van der Waals surface area contributed by atoms with Gasteiger partial charge in [0, 0.05) is 49.4 Å². The minimum atomic E-state index is -4.51. The number of piperidine rings is 1. The number of rotatable bonds is 4. The number of benzene rings is 1. The van der Waals surface area contributed by atoms with Crippen LogP contribution in [-0.4, -0.2) is 35.9 Å². The number of hydrogen-bond donors (Lipinski definition) is 0. The third kappa shape index (κ3) is 4.98. The quantitative estimate of drug-likeness (QED) is 0.567. The van der Waals surface area contributed by atoms with E-state index in [1.54, 1.807) is 18.0 Å². The van der Waals surface area contributed by atoms with Crippen molar-refractivity contribution >= 4 is 34.9 Å². The fourth-order valence-corrected chi connectivity index (χ4v) is 3.98. The Balaban J connectivity index is 1.62. The molecule has 0 bridgehead atoms. The lowest BCUT2D eigenvalue weighted by Gasteiger charge is -2.34. The van der Waals surface area contributed by atoms with Crippen molar-refractivity contribution in [2.45, 2.75) is 25.6 Å². The SMILES string of the molecule is CN(Cc1c(F)cccc1Cl)C(=O)C1CCN(c2ncc(C(F)(F)F)cc2Cl)CC1. The summed E-state index contributed by atoms with van der Waals surface area (Å²) in [5.41, 5.74) is -0.650. The van der Waals surface area contributed by atoms with Gasteiger partial charge >= 0.3 is 6.18 Å². The summed E-state index contributed by atoms with van der Waals surface area (Å²) in [7, 11) is 1.59. The van der Waals surface area contributed by atoms with Gasteiger partial charge in [0.15, 0.2) is 0 Å². The highest BCUT2D eigenvalue weighted by atomic mass is 35.5. The predicted octanol–water partition coefficient (Wildman–Crippen LogP) is 5.42. The minimum Gasteiger partial charge on any atom is -0.355 e. The molecular formula is C20H19Cl2F4N3O. The number of hydrogen-bond acceptors (Lipinski definition) is 3. The minimum absolute atomic E-state index is 0.0524. The van der Waals surface area contributed by atoms with Gasteiger partial charge in [-0.25, -0.2) is 9.37 Å². The molecule has 1 aromatic carbocycles. The molecule has 1 amide bonds. The van der Waals surface area contributed by atoms with Crippen LogP contribution in [0.5, 0.6) is 0 Å². The molecule has 1 aliphatic rings. The topological polar surface area (TPSA) is 36.4 Å². The second-order valence-electron chi connectivity index (χ2n) is 7.18. The molecule has 0 radical (unpaired) electrons. The summed E-state index contributed by atoms with van der Waals surface area (Å²) in [6, 6.07) is 5.21. The van der Waals surface area contributed by atoms with Gasteiger partial charge in [0.1, 0.15) is 11.6 Å². The molecule has 2 heterocycles. The van der Waals surface area contributed by atoms with Crippen molar-refractivity contribution in [3.05, 3.63) is 57.5 Å². The lowest BCUT2D eigenvalue weighted by Crippen LogP contribution is -2.41. The Labute approximate surface area is 181 Å². The zero-order valence-corrected chi connectivity index (χ0v) is 17.5. The molecule has 30 heavy (non-hydrogen) atoms. The molecule has 0 aliphatic carbocycles. The summed E-state index contributed by atoms with van der Waals surface area (Å²) < 4.78 is 52.3. The number of nitrogens with zero attached hydrogens (tertiary/aromatic N) is 3. The van der Waals surface area contributed by atoms with Gasteiger partial charge in [-0.1, -0.05) is 29.3 Å². The molecular weight excluding hydrogens is 445 g/mol. The first-order valence-corrected chi connectivity index (χ1v) is 9.99. The van der Waals surface area contributed by atoms with Gasteiger partial charge in [-0.15, -0.1) is 0 Å². The predicted molar refractivity (Wildman–Crippen MR) is 107 cm³/mol. The average molecular weight is 464 g/mol. The van der Waals surface area contributed by atoms with E-state index >= 15 is 0 Å². The Morgan fingerprint density at radius 3 is 2.47 bits per heavy atom. The molecule has 10 heteroatoms. The highest BCUT2D eigenvalue weighted by Gasteiger charge is 2.33. The molecule has 1 saturated heterocycles. The molecule has 0 atom stereocenters. The lowest BCUT2D eigenvalue weighted by molar-refractivity contribution is -0.138. The van der Waals surface area contributed by atoms with Crippen molar-refractivity contribution in [1.82, 2.24) is 9.88 Å². The van der Waals surface area contributed by atoms with Crippen LogP contribution in [0.25, 0.3) is 0 Å². The van der Waals surface area contributed by atoms with E-state index in [0.29, 0.717) is 25.9 Å². The van der Waals surface area contributed by atoms with Crippen LogP contribution in [0.3, 0.4) is 0 Å². The first-order chi connectivity index (χ1) is 14.1. The zero-order valence-electron chi connectivity index (χ0n) is 16.0. The number of halogens is 6. The Hall–Kier alpha value is -2.06. The van der Waals surface area contributed by atoms with Crippen LogP contribution in [0.15, 0.2) is 30.5 Å². The van der Waals surface area contributed by atoms with Gasteiger partial charge in [0.05, 0.1) is 10.6 Å². The maximum absolute atomic E-state index is 14.0. The average Bonchev–Trinajstić information content (AvgIpc) is 2.69. The number of amides is 1. The van der Waals surface area contributed by atoms with Gasteiger partial charge in [0.25, 0.3) is 0 Å². The molecule has 2 aromatic rings. The normalized spacial score (nSPS) is 15.4. The maximum atomic E-state index is 14.0. The Morgan fingerprint density at radius 1 is 1.23 bits per heavy atom. The lowest BCUT2D eigenvalue weighted by atomic mass is 9.95. The fourth-order valence-electron chi connectivity index (χ4n) is 3.47. The van der Waals surface area contributed by atoms with Crippen LogP contribution in [0, 0.1) is 11.7 Å². The number of alkyl halides is 3. The third-order valence-electron chi connectivity index (χ3n) is 5.13. The van der Waals surface area contributed by atoms with Crippen LogP contribution < -0.4 is 4.90 Å². The van der Waals surface area contributed by atoms with Crippen molar-refractivity contribution in [3.8, 4) is 0 Å². The van der Waals surface area contributed by atoms with Gasteiger partial charge in [-0.3, -0.25) is 4.79 Å². The van der Waals surface area contributed by atoms with E-state index < -0.39 is 17.6 Å². The number of anilines is 1. The van der Waals surface area contributed by atoms with Crippen LogP contribution in [-0.2, 0) is 17.5 Å². The van der Waals surface area contributed by atoms with Crippen LogP contribution in [0.4, 0.5) is 23.4 Å². The van der Waals surface area contributed by atoms with Crippen molar-refractivity contribution < 1.29 is 22.4 Å². The molecule has 4 nitrogen and oxygen atoms in total. The van der Waals surface area contributed by atoms with E-state index in [1.807, 2.05) is 0 Å². The molecule has 162 valence electrons. The van der Waals surface area contributed by atoms with Crippen molar-refractivity contribution in [3.63, 3.8) is 0 Å². The monoisotopic (exact) mass is 463 g/mol. The number of carbonyl (C=O) groups is 1. The van der Waals surface area contributed by atoms with E-state index in [4.69, 9.17) is 23.2 Å². The van der Waals surface area contributed by atoms with Gasteiger partial charge in [0.2, 0.25) is 5.91 Å². The molecule has 0 unspecified atom stereocenters. The van der Waals surface area contributed by atoms with Gasteiger partial charge in [-0.05, 0) is 31.0 Å².